The van der Waals surface area contributed by atoms with Gasteiger partial charge in [-0.1, -0.05) is 31.9 Å². The first-order valence-electron chi connectivity index (χ1n) is 5.82. The minimum Gasteiger partial charge on any atom is -0.495 e. The number of anilines is 1. The average Bonchev–Trinajstić information content (AvgIpc) is 2.36. The van der Waals surface area contributed by atoms with Gasteiger partial charge in [-0.25, -0.2) is 0 Å². The SMILES string of the molecule is COc1c(Br)cc(Br)cc1CNc1c(Br)cc(Br)cc1Br. The first-order valence-corrected chi connectivity index (χ1v) is 9.79. The molecule has 2 aromatic carbocycles. The van der Waals surface area contributed by atoms with Gasteiger partial charge in [-0.15, -0.1) is 0 Å². The van der Waals surface area contributed by atoms with Crippen molar-refractivity contribution in [3.63, 3.8) is 0 Å². The summed E-state index contributed by atoms with van der Waals surface area (Å²) in [7, 11) is 1.67. The molecule has 2 aromatic rings. The summed E-state index contributed by atoms with van der Waals surface area (Å²) >= 11 is 17.6. The topological polar surface area (TPSA) is 21.3 Å². The van der Waals surface area contributed by atoms with Gasteiger partial charge in [-0.3, -0.25) is 0 Å². The Morgan fingerprint density at radius 3 is 1.95 bits per heavy atom. The van der Waals surface area contributed by atoms with Gasteiger partial charge in [0.2, 0.25) is 0 Å². The molecule has 1 N–H and O–H groups in total. The van der Waals surface area contributed by atoms with E-state index in [0.717, 1.165) is 39.4 Å². The van der Waals surface area contributed by atoms with Gasteiger partial charge in [-0.05, 0) is 72.1 Å². The van der Waals surface area contributed by atoms with E-state index < -0.39 is 0 Å². The normalized spacial score (nSPS) is 10.6. The zero-order valence-electron chi connectivity index (χ0n) is 10.8. The summed E-state index contributed by atoms with van der Waals surface area (Å²) in [5, 5.41) is 3.42. The molecule has 21 heavy (non-hydrogen) atoms. The van der Waals surface area contributed by atoms with Crippen molar-refractivity contribution >= 4 is 85.3 Å². The zero-order chi connectivity index (χ0) is 15.6. The van der Waals surface area contributed by atoms with Gasteiger partial charge in [0, 0.05) is 30.0 Å². The van der Waals surface area contributed by atoms with Crippen molar-refractivity contribution in [1.29, 1.82) is 0 Å². The number of hydrogen-bond acceptors (Lipinski definition) is 2. The number of hydrogen-bond donors (Lipinski definition) is 1. The smallest absolute Gasteiger partial charge is 0.138 e. The van der Waals surface area contributed by atoms with Gasteiger partial charge in [-0.2, -0.15) is 0 Å². The van der Waals surface area contributed by atoms with Crippen molar-refractivity contribution in [3.8, 4) is 5.75 Å². The number of benzene rings is 2. The van der Waals surface area contributed by atoms with E-state index in [9.17, 15) is 0 Å². The minimum absolute atomic E-state index is 0.639. The van der Waals surface area contributed by atoms with Crippen molar-refractivity contribution in [2.24, 2.45) is 0 Å². The Bertz CT molecular complexity index is 652. The van der Waals surface area contributed by atoms with Crippen LogP contribution < -0.4 is 10.1 Å². The van der Waals surface area contributed by atoms with E-state index in [0.29, 0.717) is 6.54 Å². The molecule has 2 nitrogen and oxygen atoms in total. The van der Waals surface area contributed by atoms with Crippen LogP contribution in [0.25, 0.3) is 0 Å². The fourth-order valence-electron chi connectivity index (χ4n) is 1.87. The number of nitrogens with one attached hydrogen (secondary N) is 1. The van der Waals surface area contributed by atoms with E-state index in [4.69, 9.17) is 4.74 Å². The Kier molecular flexibility index (Phi) is 6.62. The van der Waals surface area contributed by atoms with Crippen molar-refractivity contribution in [1.82, 2.24) is 0 Å². The molecule has 0 saturated carbocycles. The van der Waals surface area contributed by atoms with E-state index in [-0.39, 0.29) is 0 Å². The molecule has 0 atom stereocenters. The summed E-state index contributed by atoms with van der Waals surface area (Å²) in [5.74, 6) is 0.829. The van der Waals surface area contributed by atoms with Gasteiger partial charge in [0.15, 0.2) is 0 Å². The zero-order valence-corrected chi connectivity index (χ0v) is 18.7. The summed E-state index contributed by atoms with van der Waals surface area (Å²) in [5.41, 5.74) is 2.05. The Morgan fingerprint density at radius 1 is 0.857 bits per heavy atom. The van der Waals surface area contributed by atoms with E-state index in [1.54, 1.807) is 7.11 Å². The lowest BCUT2D eigenvalue weighted by Gasteiger charge is -2.15. The number of methoxy groups -OCH3 is 1. The van der Waals surface area contributed by atoms with Gasteiger partial charge >= 0.3 is 0 Å². The van der Waals surface area contributed by atoms with Crippen molar-refractivity contribution in [3.05, 3.63) is 52.2 Å². The molecule has 0 aliphatic carbocycles. The largest absolute Gasteiger partial charge is 0.495 e. The van der Waals surface area contributed by atoms with Crippen LogP contribution in [0.5, 0.6) is 5.75 Å². The highest BCUT2D eigenvalue weighted by molar-refractivity contribution is 9.12. The maximum atomic E-state index is 5.46. The molecule has 0 bridgehead atoms. The van der Waals surface area contributed by atoms with Crippen LogP contribution in [0.1, 0.15) is 5.56 Å². The van der Waals surface area contributed by atoms with Crippen LogP contribution in [0.3, 0.4) is 0 Å². The van der Waals surface area contributed by atoms with Gasteiger partial charge in [0.1, 0.15) is 5.75 Å². The molecule has 0 unspecified atom stereocenters. The molecule has 2 rings (SSSR count). The number of halogens is 5. The highest BCUT2D eigenvalue weighted by Gasteiger charge is 2.11. The third-order valence-corrected chi connectivity index (χ3v) is 5.51. The van der Waals surface area contributed by atoms with Crippen LogP contribution in [0.2, 0.25) is 0 Å². The molecule has 0 aromatic heterocycles. The lowest BCUT2D eigenvalue weighted by molar-refractivity contribution is 0.407. The molecule has 0 heterocycles. The molecule has 0 fully saturated rings. The second-order valence-electron chi connectivity index (χ2n) is 4.18. The predicted molar refractivity (Wildman–Crippen MR) is 105 cm³/mol. The van der Waals surface area contributed by atoms with Gasteiger partial charge in [0.25, 0.3) is 0 Å². The van der Waals surface area contributed by atoms with E-state index >= 15 is 0 Å². The summed E-state index contributed by atoms with van der Waals surface area (Å²) in [4.78, 5) is 0. The molecule has 0 amide bonds. The Hall–Kier alpha value is 0.440. The highest BCUT2D eigenvalue weighted by Crippen LogP contribution is 2.37. The third-order valence-electron chi connectivity index (χ3n) is 2.75. The average molecular weight is 608 g/mol. The minimum atomic E-state index is 0.639. The quantitative estimate of drug-likeness (QED) is 0.400. The van der Waals surface area contributed by atoms with Crippen LogP contribution in [-0.2, 0) is 6.54 Å². The van der Waals surface area contributed by atoms with E-state index in [1.165, 1.54) is 0 Å². The second-order valence-corrected chi connectivity index (χ2v) is 8.57. The molecule has 0 spiro atoms. The molecule has 0 saturated heterocycles. The summed E-state index contributed by atoms with van der Waals surface area (Å²) in [6, 6.07) is 8.01. The molecular weight excluding hydrogens is 598 g/mol. The van der Waals surface area contributed by atoms with Crippen LogP contribution in [0, 0.1) is 0 Å². The van der Waals surface area contributed by atoms with Gasteiger partial charge in [0.05, 0.1) is 17.3 Å². The Morgan fingerprint density at radius 2 is 1.38 bits per heavy atom. The first-order chi connectivity index (χ1) is 9.92. The number of rotatable bonds is 4. The maximum Gasteiger partial charge on any atom is 0.138 e. The lowest BCUT2D eigenvalue weighted by Crippen LogP contribution is -2.03. The van der Waals surface area contributed by atoms with Gasteiger partial charge < -0.3 is 10.1 Å². The van der Waals surface area contributed by atoms with Crippen molar-refractivity contribution < 1.29 is 4.74 Å². The molecule has 7 heteroatoms. The maximum absolute atomic E-state index is 5.46. The fourth-order valence-corrected chi connectivity index (χ4v) is 5.88. The van der Waals surface area contributed by atoms with E-state index in [2.05, 4.69) is 85.0 Å². The molecule has 0 aliphatic heterocycles. The van der Waals surface area contributed by atoms with E-state index in [1.807, 2.05) is 24.3 Å². The van der Waals surface area contributed by atoms with Crippen LogP contribution in [0.4, 0.5) is 5.69 Å². The monoisotopic (exact) mass is 603 g/mol. The third kappa shape index (κ3) is 4.47. The summed E-state index contributed by atoms with van der Waals surface area (Å²) in [6.45, 7) is 0.639. The predicted octanol–water partition coefficient (Wildman–Crippen LogP) is 7.12. The lowest BCUT2D eigenvalue weighted by atomic mass is 10.2. The van der Waals surface area contributed by atoms with Crippen LogP contribution in [-0.4, -0.2) is 7.11 Å². The van der Waals surface area contributed by atoms with Crippen molar-refractivity contribution in [2.45, 2.75) is 6.54 Å². The fraction of sp³-hybridized carbons (Fsp3) is 0.143. The molecule has 0 radical (unpaired) electrons. The molecule has 112 valence electrons. The Labute approximate surface area is 165 Å². The summed E-state index contributed by atoms with van der Waals surface area (Å²) in [6.07, 6.45) is 0. The highest BCUT2D eigenvalue weighted by atomic mass is 79.9. The molecule has 0 aliphatic rings. The summed E-state index contributed by atoms with van der Waals surface area (Å²) < 4.78 is 10.4. The standard InChI is InChI=1S/C14H10Br5NO/c1-21-14-7(2-8(15)5-12(14)19)6-20-13-10(17)3-9(16)4-11(13)18/h2-5,20H,6H2,1H3. The van der Waals surface area contributed by atoms with Crippen LogP contribution in [0.15, 0.2) is 46.6 Å². The molecular formula is C14H10Br5NO. The Balaban J connectivity index is 2.29. The number of ether oxygens (including phenoxy) is 1. The first kappa shape index (κ1) is 17.8. The second kappa shape index (κ2) is 7.81. The van der Waals surface area contributed by atoms with Crippen LogP contribution >= 0.6 is 79.6 Å². The van der Waals surface area contributed by atoms with Crippen molar-refractivity contribution in [2.75, 3.05) is 12.4 Å².